The number of rotatable bonds is 4. The van der Waals surface area contributed by atoms with Crippen molar-refractivity contribution in [3.8, 4) is 0 Å². The van der Waals surface area contributed by atoms with Crippen LogP contribution < -0.4 is 10.7 Å². The summed E-state index contributed by atoms with van der Waals surface area (Å²) in [7, 11) is 0. The Labute approximate surface area is 143 Å². The number of thioether (sulfide) groups is 1. The first-order chi connectivity index (χ1) is 11.1. The maximum Gasteiger partial charge on any atom is 0.329 e. The zero-order valence-electron chi connectivity index (χ0n) is 12.2. The Balaban J connectivity index is 1.89. The molecule has 2 aromatic carbocycles. The molecule has 0 saturated carbocycles. The molecule has 0 heterocycles. The van der Waals surface area contributed by atoms with E-state index in [2.05, 4.69) is 15.8 Å². The van der Waals surface area contributed by atoms with Crippen LogP contribution in [0.5, 0.6) is 0 Å². The van der Waals surface area contributed by atoms with Crippen molar-refractivity contribution in [2.75, 3.05) is 11.6 Å². The van der Waals surface area contributed by atoms with Crippen LogP contribution in [-0.2, 0) is 9.59 Å². The van der Waals surface area contributed by atoms with Gasteiger partial charge < -0.3 is 5.32 Å². The van der Waals surface area contributed by atoms with Crippen LogP contribution in [0.25, 0.3) is 0 Å². The highest BCUT2D eigenvalue weighted by Gasteiger charge is 2.12. The van der Waals surface area contributed by atoms with E-state index >= 15 is 0 Å². The fraction of sp³-hybridized carbons (Fsp3) is 0.0625. The van der Waals surface area contributed by atoms with E-state index < -0.39 is 11.8 Å². The fourth-order valence-corrected chi connectivity index (χ4v) is 2.24. The standard InChI is InChI=1S/C16H14ClN3O2S/c1-23-14-4-2-3-13(9-14)19-15(21)16(22)20-18-10-11-5-7-12(17)8-6-11/h2-10H,1H3,(H,19,21)(H,20,22)/b18-10-. The van der Waals surface area contributed by atoms with Crippen LogP contribution in [0.2, 0.25) is 5.02 Å². The molecule has 0 radical (unpaired) electrons. The van der Waals surface area contributed by atoms with Crippen molar-refractivity contribution in [2.24, 2.45) is 5.10 Å². The van der Waals surface area contributed by atoms with Gasteiger partial charge in [0.05, 0.1) is 6.21 Å². The van der Waals surface area contributed by atoms with Gasteiger partial charge in [-0.05, 0) is 42.2 Å². The lowest BCUT2D eigenvalue weighted by atomic mass is 10.2. The molecular formula is C16H14ClN3O2S. The van der Waals surface area contributed by atoms with Crippen molar-refractivity contribution < 1.29 is 9.59 Å². The number of anilines is 1. The predicted octanol–water partition coefficient (Wildman–Crippen LogP) is 3.15. The summed E-state index contributed by atoms with van der Waals surface area (Å²) in [4.78, 5) is 24.5. The Kier molecular flexibility index (Phi) is 6.19. The molecule has 5 nitrogen and oxygen atoms in total. The number of benzene rings is 2. The molecule has 0 aliphatic heterocycles. The van der Waals surface area contributed by atoms with Gasteiger partial charge in [0.15, 0.2) is 0 Å². The van der Waals surface area contributed by atoms with E-state index in [0.717, 1.165) is 10.5 Å². The average Bonchev–Trinajstić information content (AvgIpc) is 2.56. The first-order valence-electron chi connectivity index (χ1n) is 6.62. The van der Waals surface area contributed by atoms with Gasteiger partial charge >= 0.3 is 11.8 Å². The van der Waals surface area contributed by atoms with Crippen molar-refractivity contribution in [3.05, 3.63) is 59.1 Å². The fourth-order valence-electron chi connectivity index (χ4n) is 1.65. The zero-order chi connectivity index (χ0) is 16.7. The van der Waals surface area contributed by atoms with Gasteiger partial charge in [0, 0.05) is 15.6 Å². The molecule has 7 heteroatoms. The molecule has 0 bridgehead atoms. The number of nitrogens with one attached hydrogen (secondary N) is 2. The number of carbonyl (C=O) groups is 2. The minimum atomic E-state index is -0.843. The zero-order valence-corrected chi connectivity index (χ0v) is 13.8. The van der Waals surface area contributed by atoms with Crippen molar-refractivity contribution in [1.82, 2.24) is 5.43 Å². The molecule has 0 unspecified atom stereocenters. The van der Waals surface area contributed by atoms with Gasteiger partial charge in [-0.25, -0.2) is 5.43 Å². The minimum absolute atomic E-state index is 0.554. The third-order valence-corrected chi connectivity index (χ3v) is 3.76. The topological polar surface area (TPSA) is 70.6 Å². The molecule has 23 heavy (non-hydrogen) atoms. The van der Waals surface area contributed by atoms with E-state index in [1.165, 1.54) is 6.21 Å². The lowest BCUT2D eigenvalue weighted by Gasteiger charge is -2.05. The maximum atomic E-state index is 11.8. The summed E-state index contributed by atoms with van der Waals surface area (Å²) in [5, 5.41) is 6.86. The number of hydrazone groups is 1. The number of nitrogens with zero attached hydrogens (tertiary/aromatic N) is 1. The van der Waals surface area contributed by atoms with Crippen LogP contribution in [0.15, 0.2) is 58.5 Å². The van der Waals surface area contributed by atoms with Gasteiger partial charge in [0.2, 0.25) is 0 Å². The van der Waals surface area contributed by atoms with Gasteiger partial charge in [-0.2, -0.15) is 5.10 Å². The van der Waals surface area contributed by atoms with E-state index in [1.807, 2.05) is 12.3 Å². The molecule has 0 spiro atoms. The molecule has 2 amide bonds. The van der Waals surface area contributed by atoms with E-state index in [0.29, 0.717) is 10.7 Å². The summed E-state index contributed by atoms with van der Waals surface area (Å²) in [5.74, 6) is -1.62. The van der Waals surface area contributed by atoms with Crippen LogP contribution in [0.3, 0.4) is 0 Å². The Hall–Kier alpha value is -2.31. The van der Waals surface area contributed by atoms with Crippen molar-refractivity contribution in [3.63, 3.8) is 0 Å². The number of halogens is 1. The second kappa shape index (κ2) is 8.36. The van der Waals surface area contributed by atoms with Gasteiger partial charge in [-0.1, -0.05) is 29.8 Å². The van der Waals surface area contributed by atoms with Crippen LogP contribution >= 0.6 is 23.4 Å². The van der Waals surface area contributed by atoms with Crippen molar-refractivity contribution >= 4 is 47.1 Å². The van der Waals surface area contributed by atoms with Crippen LogP contribution in [0.4, 0.5) is 5.69 Å². The highest BCUT2D eigenvalue weighted by molar-refractivity contribution is 7.98. The summed E-state index contributed by atoms with van der Waals surface area (Å²) >= 11 is 7.31. The highest BCUT2D eigenvalue weighted by Crippen LogP contribution is 2.18. The first-order valence-corrected chi connectivity index (χ1v) is 8.23. The Morgan fingerprint density at radius 3 is 2.57 bits per heavy atom. The maximum absolute atomic E-state index is 11.8. The second-order valence-corrected chi connectivity index (χ2v) is 5.75. The Morgan fingerprint density at radius 1 is 1.13 bits per heavy atom. The lowest BCUT2D eigenvalue weighted by Crippen LogP contribution is -2.32. The summed E-state index contributed by atoms with van der Waals surface area (Å²) in [6, 6.07) is 14.1. The summed E-state index contributed by atoms with van der Waals surface area (Å²) in [5.41, 5.74) is 3.48. The molecule has 0 atom stereocenters. The molecule has 0 fully saturated rings. The summed E-state index contributed by atoms with van der Waals surface area (Å²) in [6.45, 7) is 0. The molecule has 2 rings (SSSR count). The molecule has 2 aromatic rings. The summed E-state index contributed by atoms with van der Waals surface area (Å²) in [6.07, 6.45) is 3.36. The number of hydrogen-bond donors (Lipinski definition) is 2. The average molecular weight is 348 g/mol. The molecule has 0 aliphatic carbocycles. The molecule has 0 saturated heterocycles. The van der Waals surface area contributed by atoms with E-state index in [1.54, 1.807) is 54.2 Å². The van der Waals surface area contributed by atoms with Gasteiger partial charge in [-0.15, -0.1) is 11.8 Å². The van der Waals surface area contributed by atoms with E-state index in [4.69, 9.17) is 11.6 Å². The highest BCUT2D eigenvalue weighted by atomic mass is 35.5. The Morgan fingerprint density at radius 2 is 1.87 bits per heavy atom. The largest absolute Gasteiger partial charge is 0.329 e. The normalized spacial score (nSPS) is 10.5. The molecule has 118 valence electrons. The minimum Gasteiger partial charge on any atom is -0.318 e. The third-order valence-electron chi connectivity index (χ3n) is 2.78. The molecule has 0 aromatic heterocycles. The number of amides is 2. The van der Waals surface area contributed by atoms with E-state index in [-0.39, 0.29) is 0 Å². The Bertz CT molecular complexity index is 732. The molecular weight excluding hydrogens is 334 g/mol. The van der Waals surface area contributed by atoms with Crippen molar-refractivity contribution in [1.29, 1.82) is 0 Å². The second-order valence-electron chi connectivity index (χ2n) is 4.44. The molecule has 0 aliphatic rings. The van der Waals surface area contributed by atoms with Crippen molar-refractivity contribution in [2.45, 2.75) is 4.90 Å². The van der Waals surface area contributed by atoms with Gasteiger partial charge in [-0.3, -0.25) is 9.59 Å². The van der Waals surface area contributed by atoms with Gasteiger partial charge in [0.1, 0.15) is 0 Å². The lowest BCUT2D eigenvalue weighted by molar-refractivity contribution is -0.136. The predicted molar refractivity (Wildman–Crippen MR) is 94.0 cm³/mol. The number of hydrogen-bond acceptors (Lipinski definition) is 4. The van der Waals surface area contributed by atoms with E-state index in [9.17, 15) is 9.59 Å². The third kappa shape index (κ3) is 5.43. The summed E-state index contributed by atoms with van der Waals surface area (Å²) < 4.78 is 0. The first kappa shape index (κ1) is 17.1. The van der Waals surface area contributed by atoms with Gasteiger partial charge in [0.25, 0.3) is 0 Å². The quantitative estimate of drug-likeness (QED) is 0.386. The van der Waals surface area contributed by atoms with Crippen LogP contribution in [0.1, 0.15) is 5.56 Å². The SMILES string of the molecule is CSc1cccc(NC(=O)C(=O)N/N=C\c2ccc(Cl)cc2)c1. The smallest absolute Gasteiger partial charge is 0.318 e. The number of carbonyl (C=O) groups excluding carboxylic acids is 2. The molecule has 2 N–H and O–H groups in total. The van der Waals surface area contributed by atoms with Crippen LogP contribution in [-0.4, -0.2) is 24.3 Å². The van der Waals surface area contributed by atoms with Crippen LogP contribution in [0, 0.1) is 0 Å². The monoisotopic (exact) mass is 347 g/mol.